The summed E-state index contributed by atoms with van der Waals surface area (Å²) >= 11 is 0. The van der Waals surface area contributed by atoms with E-state index in [9.17, 15) is 5.11 Å². The molecule has 2 rings (SSSR count). The first-order chi connectivity index (χ1) is 9.06. The first-order valence-corrected chi connectivity index (χ1v) is 6.54. The van der Waals surface area contributed by atoms with E-state index in [0.29, 0.717) is 0 Å². The second-order valence-electron chi connectivity index (χ2n) is 4.99. The monoisotopic (exact) mass is 256 g/mol. The number of hydrogen-bond acceptors (Lipinski definition) is 2. The Kier molecular flexibility index (Phi) is 4.23. The zero-order valence-electron chi connectivity index (χ0n) is 11.6. The Balaban J connectivity index is 2.07. The third-order valence-electron chi connectivity index (χ3n) is 3.18. The third-order valence-corrected chi connectivity index (χ3v) is 3.18. The summed E-state index contributed by atoms with van der Waals surface area (Å²) in [7, 11) is 0. The summed E-state index contributed by atoms with van der Waals surface area (Å²) in [5.41, 5.74) is 3.21. The van der Waals surface area contributed by atoms with E-state index in [1.54, 1.807) is 0 Å². The number of aliphatic hydroxyl groups excluding tert-OH is 1. The van der Waals surface area contributed by atoms with Crippen LogP contribution in [-0.4, -0.2) is 11.2 Å². The van der Waals surface area contributed by atoms with E-state index in [0.717, 1.165) is 16.9 Å². The molecule has 0 fully saturated rings. The Morgan fingerprint density at radius 3 is 2.26 bits per heavy atom. The fraction of sp³-hybridized carbons (Fsp3) is 0.294. The van der Waals surface area contributed by atoms with Crippen LogP contribution in [0.2, 0.25) is 0 Å². The highest BCUT2D eigenvalue weighted by Gasteiger charge is 2.17. The van der Waals surface area contributed by atoms with E-state index in [2.05, 4.69) is 0 Å². The van der Waals surface area contributed by atoms with Gasteiger partial charge in [0.1, 0.15) is 18.0 Å². The minimum atomic E-state index is -0.624. The molecule has 2 aromatic rings. The van der Waals surface area contributed by atoms with E-state index in [1.165, 1.54) is 5.56 Å². The van der Waals surface area contributed by atoms with Gasteiger partial charge in [-0.2, -0.15) is 0 Å². The summed E-state index contributed by atoms with van der Waals surface area (Å²) in [6.45, 7) is 5.93. The topological polar surface area (TPSA) is 29.5 Å². The van der Waals surface area contributed by atoms with Crippen LogP contribution in [0, 0.1) is 13.8 Å². The molecule has 0 radical (unpaired) electrons. The van der Waals surface area contributed by atoms with Crippen LogP contribution in [-0.2, 0) is 0 Å². The molecule has 0 aliphatic carbocycles. The van der Waals surface area contributed by atoms with Crippen molar-refractivity contribution in [1.82, 2.24) is 0 Å². The Hall–Kier alpha value is -1.80. The average Bonchev–Trinajstić information content (AvgIpc) is 2.39. The SMILES string of the molecule is Cc1ccc(C(O)C(C)Oc2cccc(C)c2)cc1. The molecule has 0 heterocycles. The minimum Gasteiger partial charge on any atom is -0.488 e. The molecule has 2 unspecified atom stereocenters. The number of benzene rings is 2. The van der Waals surface area contributed by atoms with Crippen LogP contribution in [0.25, 0.3) is 0 Å². The molecule has 2 atom stereocenters. The van der Waals surface area contributed by atoms with Gasteiger partial charge in [-0.25, -0.2) is 0 Å². The highest BCUT2D eigenvalue weighted by molar-refractivity contribution is 5.28. The molecule has 2 aromatic carbocycles. The number of hydrogen-bond donors (Lipinski definition) is 1. The van der Waals surface area contributed by atoms with Crippen molar-refractivity contribution in [2.45, 2.75) is 33.0 Å². The largest absolute Gasteiger partial charge is 0.488 e. The summed E-state index contributed by atoms with van der Waals surface area (Å²) in [4.78, 5) is 0. The van der Waals surface area contributed by atoms with Crippen molar-refractivity contribution in [1.29, 1.82) is 0 Å². The van der Waals surface area contributed by atoms with Crippen molar-refractivity contribution in [2.24, 2.45) is 0 Å². The lowest BCUT2D eigenvalue weighted by Gasteiger charge is -2.21. The van der Waals surface area contributed by atoms with Gasteiger partial charge in [-0.15, -0.1) is 0 Å². The molecule has 0 saturated carbocycles. The van der Waals surface area contributed by atoms with Crippen LogP contribution in [0.3, 0.4) is 0 Å². The molecule has 0 aliphatic heterocycles. The van der Waals surface area contributed by atoms with Crippen molar-refractivity contribution in [3.8, 4) is 5.75 Å². The molecule has 0 amide bonds. The quantitative estimate of drug-likeness (QED) is 0.901. The molecule has 2 heteroatoms. The van der Waals surface area contributed by atoms with Gasteiger partial charge in [-0.05, 0) is 44.0 Å². The van der Waals surface area contributed by atoms with Gasteiger partial charge in [0.2, 0.25) is 0 Å². The average molecular weight is 256 g/mol. The number of aryl methyl sites for hydroxylation is 2. The van der Waals surface area contributed by atoms with E-state index in [-0.39, 0.29) is 6.10 Å². The molecular formula is C17H20O2. The lowest BCUT2D eigenvalue weighted by atomic mass is 10.0. The Morgan fingerprint density at radius 2 is 1.63 bits per heavy atom. The summed E-state index contributed by atoms with van der Waals surface area (Å²) < 4.78 is 5.79. The van der Waals surface area contributed by atoms with Gasteiger partial charge < -0.3 is 9.84 Å². The van der Waals surface area contributed by atoms with Crippen molar-refractivity contribution in [3.63, 3.8) is 0 Å². The fourth-order valence-electron chi connectivity index (χ4n) is 2.00. The van der Waals surface area contributed by atoms with Crippen LogP contribution < -0.4 is 4.74 Å². The van der Waals surface area contributed by atoms with Gasteiger partial charge in [-0.1, -0.05) is 42.0 Å². The van der Waals surface area contributed by atoms with Gasteiger partial charge in [0.15, 0.2) is 0 Å². The highest BCUT2D eigenvalue weighted by atomic mass is 16.5. The van der Waals surface area contributed by atoms with Crippen molar-refractivity contribution in [2.75, 3.05) is 0 Å². The number of aliphatic hydroxyl groups is 1. The zero-order valence-corrected chi connectivity index (χ0v) is 11.6. The van der Waals surface area contributed by atoms with Crippen LogP contribution in [0.1, 0.15) is 29.7 Å². The maximum atomic E-state index is 10.3. The predicted molar refractivity (Wildman–Crippen MR) is 77.4 cm³/mol. The van der Waals surface area contributed by atoms with Gasteiger partial charge in [0, 0.05) is 0 Å². The van der Waals surface area contributed by atoms with E-state index < -0.39 is 6.10 Å². The first kappa shape index (κ1) is 13.6. The van der Waals surface area contributed by atoms with Crippen LogP contribution in [0.4, 0.5) is 0 Å². The molecule has 0 saturated heterocycles. The first-order valence-electron chi connectivity index (χ1n) is 6.54. The number of rotatable bonds is 4. The van der Waals surface area contributed by atoms with Gasteiger partial charge >= 0.3 is 0 Å². The van der Waals surface area contributed by atoms with Gasteiger partial charge in [-0.3, -0.25) is 0 Å². The standard InChI is InChI=1S/C17H20O2/c1-12-7-9-15(10-8-12)17(18)14(3)19-16-6-4-5-13(2)11-16/h4-11,14,17-18H,1-3H3. The molecule has 0 aliphatic rings. The van der Waals surface area contributed by atoms with Gasteiger partial charge in [0.05, 0.1) is 0 Å². The highest BCUT2D eigenvalue weighted by Crippen LogP contribution is 2.22. The molecule has 0 aromatic heterocycles. The van der Waals surface area contributed by atoms with Crippen LogP contribution in [0.5, 0.6) is 5.75 Å². The summed E-state index contributed by atoms with van der Waals surface area (Å²) in [5, 5.41) is 10.3. The predicted octanol–water partition coefficient (Wildman–Crippen LogP) is 3.80. The summed E-state index contributed by atoms with van der Waals surface area (Å²) in [5.74, 6) is 0.790. The second kappa shape index (κ2) is 5.89. The molecule has 2 nitrogen and oxygen atoms in total. The molecule has 100 valence electrons. The van der Waals surface area contributed by atoms with E-state index in [4.69, 9.17) is 4.74 Å². The minimum absolute atomic E-state index is 0.287. The van der Waals surface area contributed by atoms with Crippen molar-refractivity contribution in [3.05, 3.63) is 65.2 Å². The van der Waals surface area contributed by atoms with Crippen molar-refractivity contribution >= 4 is 0 Å². The molecular weight excluding hydrogens is 236 g/mol. The Labute approximate surface area is 114 Å². The lowest BCUT2D eigenvalue weighted by molar-refractivity contribution is 0.0467. The smallest absolute Gasteiger partial charge is 0.126 e. The van der Waals surface area contributed by atoms with Crippen LogP contribution >= 0.6 is 0 Å². The van der Waals surface area contributed by atoms with Gasteiger partial charge in [0.25, 0.3) is 0 Å². The van der Waals surface area contributed by atoms with Crippen LogP contribution in [0.15, 0.2) is 48.5 Å². The molecule has 1 N–H and O–H groups in total. The molecule has 0 bridgehead atoms. The second-order valence-corrected chi connectivity index (χ2v) is 4.99. The third kappa shape index (κ3) is 3.58. The van der Waals surface area contributed by atoms with E-state index >= 15 is 0 Å². The van der Waals surface area contributed by atoms with E-state index in [1.807, 2.05) is 69.3 Å². The summed E-state index contributed by atoms with van der Waals surface area (Å²) in [6.07, 6.45) is -0.911. The Bertz CT molecular complexity index is 531. The maximum absolute atomic E-state index is 10.3. The molecule has 0 spiro atoms. The lowest BCUT2D eigenvalue weighted by Crippen LogP contribution is -2.21. The zero-order chi connectivity index (χ0) is 13.8. The Morgan fingerprint density at radius 1 is 0.947 bits per heavy atom. The molecule has 19 heavy (non-hydrogen) atoms. The van der Waals surface area contributed by atoms with Crippen molar-refractivity contribution < 1.29 is 9.84 Å². The fourth-order valence-corrected chi connectivity index (χ4v) is 2.00. The number of ether oxygens (including phenoxy) is 1. The summed E-state index contributed by atoms with van der Waals surface area (Å²) in [6, 6.07) is 15.7. The normalized spacial score (nSPS) is 13.9. The maximum Gasteiger partial charge on any atom is 0.126 e.